The number of nitrogens with one attached hydrogen (secondary N) is 1. The molecule has 5 nitrogen and oxygen atoms in total. The Kier molecular flexibility index (Phi) is 3.79. The molecule has 0 saturated heterocycles. The number of nitrogens with two attached hydrogens (primary N) is 1. The number of rotatable bonds is 4. The number of hydrogen-bond acceptors (Lipinski definition) is 4. The standard InChI is InChI=1S/C20H22N2O3/c1-11(2)12-3-5-13(6-4-12)14-7-15(14)20(23)22-17-9-19-18(8-16(17)21)24-10-25-19/h3-6,8-9,11,14-15H,7,10,21H2,1-2H3,(H,22,23). The van der Waals surface area contributed by atoms with Gasteiger partial charge in [0.25, 0.3) is 0 Å². The minimum absolute atomic E-state index is 0.00324. The zero-order valence-electron chi connectivity index (χ0n) is 14.4. The summed E-state index contributed by atoms with van der Waals surface area (Å²) in [6.07, 6.45) is 0.872. The van der Waals surface area contributed by atoms with Crippen molar-refractivity contribution in [1.29, 1.82) is 0 Å². The summed E-state index contributed by atoms with van der Waals surface area (Å²) in [6.45, 7) is 4.54. The second kappa shape index (κ2) is 5.99. The van der Waals surface area contributed by atoms with Crippen LogP contribution in [0.5, 0.6) is 11.5 Å². The predicted molar refractivity (Wildman–Crippen MR) is 97.0 cm³/mol. The van der Waals surface area contributed by atoms with Gasteiger partial charge in [-0.2, -0.15) is 0 Å². The van der Waals surface area contributed by atoms with E-state index >= 15 is 0 Å². The third kappa shape index (κ3) is 3.02. The lowest BCUT2D eigenvalue weighted by atomic mass is 10.00. The van der Waals surface area contributed by atoms with Crippen molar-refractivity contribution in [3.05, 3.63) is 47.5 Å². The Morgan fingerprint density at radius 1 is 1.16 bits per heavy atom. The number of fused-ring (bicyclic) bond motifs is 1. The molecule has 1 aliphatic carbocycles. The van der Waals surface area contributed by atoms with Crippen molar-refractivity contribution < 1.29 is 14.3 Å². The highest BCUT2D eigenvalue weighted by Gasteiger charge is 2.44. The molecule has 2 aromatic rings. The lowest BCUT2D eigenvalue weighted by Gasteiger charge is -2.10. The topological polar surface area (TPSA) is 73.6 Å². The monoisotopic (exact) mass is 338 g/mol. The summed E-state index contributed by atoms with van der Waals surface area (Å²) in [6, 6.07) is 12.0. The van der Waals surface area contributed by atoms with Crippen molar-refractivity contribution in [2.45, 2.75) is 32.1 Å². The van der Waals surface area contributed by atoms with Crippen molar-refractivity contribution >= 4 is 17.3 Å². The molecule has 2 atom stereocenters. The van der Waals surface area contributed by atoms with Gasteiger partial charge in [0.1, 0.15) is 0 Å². The smallest absolute Gasteiger partial charge is 0.231 e. The lowest BCUT2D eigenvalue weighted by Crippen LogP contribution is -2.15. The summed E-state index contributed by atoms with van der Waals surface area (Å²) in [7, 11) is 0. The van der Waals surface area contributed by atoms with Gasteiger partial charge in [-0.25, -0.2) is 0 Å². The third-order valence-corrected chi connectivity index (χ3v) is 4.96. The van der Waals surface area contributed by atoms with E-state index in [0.29, 0.717) is 28.8 Å². The predicted octanol–water partition coefficient (Wildman–Crippen LogP) is 3.86. The van der Waals surface area contributed by atoms with E-state index in [2.05, 4.69) is 43.4 Å². The van der Waals surface area contributed by atoms with Gasteiger partial charge in [0, 0.05) is 18.1 Å². The number of amides is 1. The first kappa shape index (κ1) is 15.8. The van der Waals surface area contributed by atoms with Crippen LogP contribution in [-0.2, 0) is 4.79 Å². The molecule has 2 aliphatic rings. The normalized spacial score (nSPS) is 20.6. The Morgan fingerprint density at radius 3 is 2.52 bits per heavy atom. The fourth-order valence-corrected chi connectivity index (χ4v) is 3.27. The molecule has 1 heterocycles. The van der Waals surface area contributed by atoms with Crippen LogP contribution < -0.4 is 20.5 Å². The minimum atomic E-state index is -0.00489. The van der Waals surface area contributed by atoms with Gasteiger partial charge in [-0.1, -0.05) is 38.1 Å². The molecule has 0 aromatic heterocycles. The van der Waals surface area contributed by atoms with Crippen molar-refractivity contribution in [1.82, 2.24) is 0 Å². The van der Waals surface area contributed by atoms with E-state index < -0.39 is 0 Å². The average molecular weight is 338 g/mol. The quantitative estimate of drug-likeness (QED) is 0.830. The maximum Gasteiger partial charge on any atom is 0.231 e. The van der Waals surface area contributed by atoms with Gasteiger partial charge in [-0.15, -0.1) is 0 Å². The Bertz CT molecular complexity index is 814. The van der Waals surface area contributed by atoms with Crippen LogP contribution in [0.2, 0.25) is 0 Å². The van der Waals surface area contributed by atoms with E-state index in [1.165, 1.54) is 11.1 Å². The number of nitrogen functional groups attached to an aromatic ring is 1. The van der Waals surface area contributed by atoms with Crippen LogP contribution in [0.4, 0.5) is 11.4 Å². The second-order valence-corrected chi connectivity index (χ2v) is 7.05. The highest BCUT2D eigenvalue weighted by Crippen LogP contribution is 2.48. The van der Waals surface area contributed by atoms with E-state index in [4.69, 9.17) is 15.2 Å². The van der Waals surface area contributed by atoms with Crippen LogP contribution in [0.15, 0.2) is 36.4 Å². The van der Waals surface area contributed by atoms with E-state index in [1.807, 2.05) is 0 Å². The van der Waals surface area contributed by atoms with Gasteiger partial charge in [-0.05, 0) is 29.4 Å². The Hall–Kier alpha value is -2.69. The third-order valence-electron chi connectivity index (χ3n) is 4.96. The van der Waals surface area contributed by atoms with Crippen LogP contribution in [-0.4, -0.2) is 12.7 Å². The molecule has 0 bridgehead atoms. The fraction of sp³-hybridized carbons (Fsp3) is 0.350. The molecule has 130 valence electrons. The molecule has 5 heteroatoms. The summed E-state index contributed by atoms with van der Waals surface area (Å²) in [5, 5.41) is 2.93. The lowest BCUT2D eigenvalue weighted by molar-refractivity contribution is -0.117. The molecule has 2 aromatic carbocycles. The van der Waals surface area contributed by atoms with Crippen LogP contribution in [0.1, 0.15) is 43.2 Å². The molecular weight excluding hydrogens is 316 g/mol. The number of anilines is 2. The largest absolute Gasteiger partial charge is 0.454 e. The molecule has 4 rings (SSSR count). The van der Waals surface area contributed by atoms with Gasteiger partial charge in [0.05, 0.1) is 11.4 Å². The van der Waals surface area contributed by atoms with Crippen molar-refractivity contribution in [3.8, 4) is 11.5 Å². The molecular formula is C20H22N2O3. The zero-order chi connectivity index (χ0) is 17.6. The molecule has 25 heavy (non-hydrogen) atoms. The van der Waals surface area contributed by atoms with Gasteiger partial charge in [-0.3, -0.25) is 4.79 Å². The highest BCUT2D eigenvalue weighted by atomic mass is 16.7. The molecule has 0 spiro atoms. The summed E-state index contributed by atoms with van der Waals surface area (Å²) in [4.78, 5) is 12.5. The Labute approximate surface area is 147 Å². The number of benzene rings is 2. The molecule has 1 aliphatic heterocycles. The number of carbonyl (C=O) groups is 1. The van der Waals surface area contributed by atoms with Gasteiger partial charge < -0.3 is 20.5 Å². The van der Waals surface area contributed by atoms with E-state index in [-0.39, 0.29) is 24.5 Å². The van der Waals surface area contributed by atoms with Gasteiger partial charge in [0.15, 0.2) is 11.5 Å². The molecule has 1 saturated carbocycles. The maximum atomic E-state index is 12.5. The van der Waals surface area contributed by atoms with Crippen LogP contribution in [0, 0.1) is 5.92 Å². The first-order valence-electron chi connectivity index (χ1n) is 8.63. The van der Waals surface area contributed by atoms with Crippen LogP contribution in [0.25, 0.3) is 0 Å². The average Bonchev–Trinajstić information content (AvgIpc) is 3.28. The van der Waals surface area contributed by atoms with Crippen molar-refractivity contribution in [2.75, 3.05) is 17.8 Å². The maximum absolute atomic E-state index is 12.5. The van der Waals surface area contributed by atoms with E-state index in [9.17, 15) is 4.79 Å². The van der Waals surface area contributed by atoms with Crippen LogP contribution >= 0.6 is 0 Å². The number of carbonyl (C=O) groups excluding carboxylic acids is 1. The highest BCUT2D eigenvalue weighted by molar-refractivity contribution is 5.98. The summed E-state index contributed by atoms with van der Waals surface area (Å²) >= 11 is 0. The first-order valence-corrected chi connectivity index (χ1v) is 8.63. The number of ether oxygens (including phenoxy) is 2. The Morgan fingerprint density at radius 2 is 1.84 bits per heavy atom. The van der Waals surface area contributed by atoms with E-state index in [0.717, 1.165) is 6.42 Å². The molecule has 3 N–H and O–H groups in total. The van der Waals surface area contributed by atoms with Crippen LogP contribution in [0.3, 0.4) is 0 Å². The van der Waals surface area contributed by atoms with Gasteiger partial charge >= 0.3 is 0 Å². The first-order chi connectivity index (χ1) is 12.0. The zero-order valence-corrected chi connectivity index (χ0v) is 14.4. The minimum Gasteiger partial charge on any atom is -0.454 e. The summed E-state index contributed by atoms with van der Waals surface area (Å²) in [5.41, 5.74) is 9.61. The molecule has 0 radical (unpaired) electrons. The second-order valence-electron chi connectivity index (χ2n) is 7.05. The SMILES string of the molecule is CC(C)c1ccc(C2CC2C(=O)Nc2cc3c(cc2N)OCO3)cc1. The number of hydrogen-bond donors (Lipinski definition) is 2. The van der Waals surface area contributed by atoms with Crippen molar-refractivity contribution in [2.24, 2.45) is 5.92 Å². The molecule has 1 amide bonds. The summed E-state index contributed by atoms with van der Waals surface area (Å²) < 4.78 is 10.6. The molecule has 2 unspecified atom stereocenters. The van der Waals surface area contributed by atoms with Gasteiger partial charge in [0.2, 0.25) is 12.7 Å². The Balaban J connectivity index is 1.43. The summed E-state index contributed by atoms with van der Waals surface area (Å²) in [5.74, 6) is 2.03. The van der Waals surface area contributed by atoms with E-state index in [1.54, 1.807) is 12.1 Å². The molecule has 1 fully saturated rings. The van der Waals surface area contributed by atoms with Crippen molar-refractivity contribution in [3.63, 3.8) is 0 Å². The fourth-order valence-electron chi connectivity index (χ4n) is 3.27.